The molecule has 0 fully saturated rings. The van der Waals surface area contributed by atoms with E-state index in [2.05, 4.69) is 27.6 Å². The number of benzene rings is 3. The monoisotopic (exact) mass is 357 g/mol. The molecule has 1 aromatic heterocycles. The highest BCUT2D eigenvalue weighted by atomic mass is 16.4. The van der Waals surface area contributed by atoms with Crippen LogP contribution in [-0.4, -0.2) is 21.3 Å². The molecule has 0 aliphatic heterocycles. The van der Waals surface area contributed by atoms with Crippen LogP contribution in [0.15, 0.2) is 66.9 Å². The van der Waals surface area contributed by atoms with Crippen molar-refractivity contribution in [1.82, 2.24) is 10.2 Å². The molecule has 0 aliphatic carbocycles. The number of carboxylic acids is 1. The summed E-state index contributed by atoms with van der Waals surface area (Å²) in [6, 6.07) is 19.5. The molecule has 5 nitrogen and oxygen atoms in total. The third kappa shape index (κ3) is 3.53. The Balaban J connectivity index is 1.50. The van der Waals surface area contributed by atoms with Gasteiger partial charge in [-0.15, -0.1) is 0 Å². The number of H-pyrrole nitrogens is 1. The number of fused-ring (bicyclic) bond motifs is 1. The maximum absolute atomic E-state index is 11.2. The number of hydrogen-bond donors (Lipinski definition) is 3. The van der Waals surface area contributed by atoms with Crippen molar-refractivity contribution >= 4 is 22.6 Å². The van der Waals surface area contributed by atoms with Crippen LogP contribution in [0.2, 0.25) is 0 Å². The first-order valence-corrected chi connectivity index (χ1v) is 8.70. The van der Waals surface area contributed by atoms with Crippen LogP contribution in [0.25, 0.3) is 22.0 Å². The zero-order chi connectivity index (χ0) is 18.8. The van der Waals surface area contributed by atoms with Gasteiger partial charge in [-0.05, 0) is 59.5 Å². The molecule has 0 bridgehead atoms. The van der Waals surface area contributed by atoms with Gasteiger partial charge >= 0.3 is 5.97 Å². The second-order valence-corrected chi connectivity index (χ2v) is 6.56. The zero-order valence-corrected chi connectivity index (χ0v) is 14.9. The average molecular weight is 357 g/mol. The van der Waals surface area contributed by atoms with E-state index in [1.165, 1.54) is 0 Å². The number of rotatable bonds is 5. The summed E-state index contributed by atoms with van der Waals surface area (Å²) in [5, 5.41) is 20.7. The maximum atomic E-state index is 11.2. The molecule has 0 aliphatic rings. The molecular weight excluding hydrogens is 338 g/mol. The lowest BCUT2D eigenvalue weighted by molar-refractivity contribution is 0.0697. The highest BCUT2D eigenvalue weighted by Crippen LogP contribution is 2.25. The lowest BCUT2D eigenvalue weighted by Gasteiger charge is -2.10. The number of aryl methyl sites for hydroxylation is 1. The number of carbonyl (C=O) groups is 1. The first-order chi connectivity index (χ1) is 13.1. The van der Waals surface area contributed by atoms with Gasteiger partial charge in [0, 0.05) is 17.6 Å². The smallest absolute Gasteiger partial charge is 0.335 e. The minimum absolute atomic E-state index is 0.301. The van der Waals surface area contributed by atoms with Gasteiger partial charge in [0.25, 0.3) is 0 Å². The Morgan fingerprint density at radius 3 is 2.67 bits per heavy atom. The Bertz CT molecular complexity index is 1110. The molecule has 0 spiro atoms. The van der Waals surface area contributed by atoms with E-state index in [9.17, 15) is 9.90 Å². The Morgan fingerprint density at radius 2 is 1.89 bits per heavy atom. The molecule has 3 N–H and O–H groups in total. The van der Waals surface area contributed by atoms with Crippen LogP contribution in [0.5, 0.6) is 0 Å². The van der Waals surface area contributed by atoms with Gasteiger partial charge in [0.2, 0.25) is 0 Å². The Labute approximate surface area is 156 Å². The van der Waals surface area contributed by atoms with Crippen molar-refractivity contribution in [2.45, 2.75) is 13.5 Å². The molecule has 0 radical (unpaired) electrons. The predicted molar refractivity (Wildman–Crippen MR) is 107 cm³/mol. The normalized spacial score (nSPS) is 10.9. The molecule has 0 amide bonds. The fourth-order valence-electron chi connectivity index (χ4n) is 3.12. The summed E-state index contributed by atoms with van der Waals surface area (Å²) in [5.74, 6) is -0.911. The molecule has 27 heavy (non-hydrogen) atoms. The number of nitrogens with one attached hydrogen (secondary N) is 2. The molecule has 1 heterocycles. The van der Waals surface area contributed by atoms with Gasteiger partial charge in [-0.1, -0.05) is 30.3 Å². The lowest BCUT2D eigenvalue weighted by atomic mass is 9.97. The van der Waals surface area contributed by atoms with Crippen LogP contribution in [0.1, 0.15) is 21.5 Å². The van der Waals surface area contributed by atoms with Crippen molar-refractivity contribution in [3.63, 3.8) is 0 Å². The van der Waals surface area contributed by atoms with E-state index in [4.69, 9.17) is 0 Å². The van der Waals surface area contributed by atoms with Crippen LogP contribution in [0.3, 0.4) is 0 Å². The summed E-state index contributed by atoms with van der Waals surface area (Å²) >= 11 is 0. The summed E-state index contributed by atoms with van der Waals surface area (Å²) in [5.41, 5.74) is 6.49. The van der Waals surface area contributed by atoms with E-state index >= 15 is 0 Å². The highest BCUT2D eigenvalue weighted by Gasteiger charge is 2.08. The molecule has 0 saturated heterocycles. The Morgan fingerprint density at radius 1 is 1.07 bits per heavy atom. The van der Waals surface area contributed by atoms with Gasteiger partial charge in [0.1, 0.15) is 0 Å². The first-order valence-electron chi connectivity index (χ1n) is 8.70. The van der Waals surface area contributed by atoms with Crippen LogP contribution < -0.4 is 5.32 Å². The predicted octanol–water partition coefficient (Wildman–Crippen LogP) is 4.85. The topological polar surface area (TPSA) is 78.0 Å². The van der Waals surface area contributed by atoms with Crippen molar-refractivity contribution < 1.29 is 9.90 Å². The lowest BCUT2D eigenvalue weighted by Crippen LogP contribution is -1.99. The minimum atomic E-state index is -0.911. The molecule has 0 saturated carbocycles. The van der Waals surface area contributed by atoms with Crippen LogP contribution in [0.4, 0.5) is 5.69 Å². The number of hydrogen-bond acceptors (Lipinski definition) is 3. The number of aromatic nitrogens is 2. The average Bonchev–Trinajstić information content (AvgIpc) is 3.15. The molecule has 4 rings (SSSR count). The van der Waals surface area contributed by atoms with Crippen molar-refractivity contribution in [2.75, 3.05) is 5.32 Å². The number of aromatic amines is 1. The first kappa shape index (κ1) is 16.8. The number of anilines is 1. The molecule has 5 heteroatoms. The van der Waals surface area contributed by atoms with Crippen LogP contribution in [0, 0.1) is 6.92 Å². The van der Waals surface area contributed by atoms with E-state index < -0.39 is 5.97 Å². The molecule has 0 unspecified atom stereocenters. The summed E-state index contributed by atoms with van der Waals surface area (Å²) in [7, 11) is 0. The Hall–Kier alpha value is -3.60. The fourth-order valence-corrected chi connectivity index (χ4v) is 3.12. The maximum Gasteiger partial charge on any atom is 0.335 e. The number of aromatic carboxylic acids is 1. The van der Waals surface area contributed by atoms with Gasteiger partial charge in [-0.3, -0.25) is 5.10 Å². The van der Waals surface area contributed by atoms with Crippen molar-refractivity contribution in [1.29, 1.82) is 0 Å². The van der Waals surface area contributed by atoms with E-state index in [0.717, 1.165) is 38.8 Å². The zero-order valence-electron chi connectivity index (χ0n) is 14.9. The Kier molecular flexibility index (Phi) is 4.34. The SMILES string of the molecule is Cc1ccc(C(=O)O)cc1-c1ccc(CNc2ccc3cn[nH]c3c2)cc1. The number of nitrogens with zero attached hydrogens (tertiary/aromatic N) is 1. The quantitative estimate of drug-likeness (QED) is 0.477. The highest BCUT2D eigenvalue weighted by molar-refractivity contribution is 5.90. The third-order valence-corrected chi connectivity index (χ3v) is 4.69. The summed E-state index contributed by atoms with van der Waals surface area (Å²) in [6.07, 6.45) is 1.80. The molecule has 134 valence electrons. The van der Waals surface area contributed by atoms with Crippen molar-refractivity contribution in [2.24, 2.45) is 0 Å². The molecule has 3 aromatic carbocycles. The van der Waals surface area contributed by atoms with E-state index in [-0.39, 0.29) is 0 Å². The summed E-state index contributed by atoms with van der Waals surface area (Å²) in [6.45, 7) is 2.69. The summed E-state index contributed by atoms with van der Waals surface area (Å²) < 4.78 is 0. The fraction of sp³-hybridized carbons (Fsp3) is 0.0909. The van der Waals surface area contributed by atoms with Crippen LogP contribution in [-0.2, 0) is 6.54 Å². The van der Waals surface area contributed by atoms with Gasteiger partial charge in [0.15, 0.2) is 0 Å². The second kappa shape index (κ2) is 6.96. The van der Waals surface area contributed by atoms with Crippen molar-refractivity contribution in [3.8, 4) is 11.1 Å². The molecule has 0 atom stereocenters. The van der Waals surface area contributed by atoms with Gasteiger partial charge in [-0.25, -0.2) is 4.79 Å². The van der Waals surface area contributed by atoms with Gasteiger partial charge in [0.05, 0.1) is 17.3 Å². The summed E-state index contributed by atoms with van der Waals surface area (Å²) in [4.78, 5) is 11.2. The molecular formula is C22H19N3O2. The second-order valence-electron chi connectivity index (χ2n) is 6.56. The van der Waals surface area contributed by atoms with E-state index in [1.807, 2.05) is 43.3 Å². The number of carboxylic acid groups (broad SMARTS) is 1. The molecule has 4 aromatic rings. The largest absolute Gasteiger partial charge is 0.478 e. The van der Waals surface area contributed by atoms with Crippen LogP contribution >= 0.6 is 0 Å². The van der Waals surface area contributed by atoms with Gasteiger partial charge in [-0.2, -0.15) is 5.10 Å². The van der Waals surface area contributed by atoms with E-state index in [0.29, 0.717) is 12.1 Å². The van der Waals surface area contributed by atoms with E-state index in [1.54, 1.807) is 18.3 Å². The third-order valence-electron chi connectivity index (χ3n) is 4.69. The van der Waals surface area contributed by atoms with Gasteiger partial charge < -0.3 is 10.4 Å². The van der Waals surface area contributed by atoms with Crippen molar-refractivity contribution in [3.05, 3.63) is 83.6 Å². The minimum Gasteiger partial charge on any atom is -0.478 e. The standard InChI is InChI=1S/C22H19N3O2/c1-14-2-5-17(22(26)27)10-20(14)16-6-3-15(4-7-16)12-23-19-9-8-18-13-24-25-21(18)11-19/h2-11,13,23H,12H2,1H3,(H,24,25)(H,26,27).